The molecule has 0 atom stereocenters. The first-order chi connectivity index (χ1) is 9.31. The molecule has 0 radical (unpaired) electrons. The molecule has 2 rings (SSSR count). The second kappa shape index (κ2) is 5.67. The Morgan fingerprint density at radius 3 is 2.50 bits per heavy atom. The average Bonchev–Trinajstić information content (AvgIpc) is 2.83. The lowest BCUT2D eigenvalue weighted by molar-refractivity contribution is 0.0691. The summed E-state index contributed by atoms with van der Waals surface area (Å²) in [6.45, 7) is 0. The zero-order valence-corrected chi connectivity index (χ0v) is 12.0. The third-order valence-electron chi connectivity index (χ3n) is 3.20. The summed E-state index contributed by atoms with van der Waals surface area (Å²) in [6, 6.07) is 1.56. The number of aromatic carboxylic acids is 1. The predicted molar refractivity (Wildman–Crippen MR) is 70.9 cm³/mol. The SMILES string of the molecule is O=C(O)c1cc(Cl)cc(S(=O)(=O)NC2CCCC2)c1F. The molecule has 1 fully saturated rings. The summed E-state index contributed by atoms with van der Waals surface area (Å²) in [4.78, 5) is 10.2. The molecule has 110 valence electrons. The average molecular weight is 322 g/mol. The van der Waals surface area contributed by atoms with Gasteiger partial charge in [-0.15, -0.1) is 0 Å². The number of benzene rings is 1. The Labute approximate surface area is 120 Å². The highest BCUT2D eigenvalue weighted by atomic mass is 35.5. The summed E-state index contributed by atoms with van der Waals surface area (Å²) >= 11 is 5.67. The molecule has 0 saturated heterocycles. The van der Waals surface area contributed by atoms with E-state index in [1.54, 1.807) is 0 Å². The van der Waals surface area contributed by atoms with Gasteiger partial charge in [-0.2, -0.15) is 0 Å². The third-order valence-corrected chi connectivity index (χ3v) is 4.94. The molecule has 8 heteroatoms. The fourth-order valence-electron chi connectivity index (χ4n) is 2.24. The molecule has 1 saturated carbocycles. The standard InChI is InChI=1S/C12H13ClFNO4S/c13-7-5-9(12(16)17)11(14)10(6-7)20(18,19)15-8-3-1-2-4-8/h5-6,8,15H,1-4H2,(H,16,17). The second-order valence-corrected chi connectivity index (χ2v) is 6.79. The van der Waals surface area contributed by atoms with Crippen LogP contribution in [-0.4, -0.2) is 25.5 Å². The molecule has 2 N–H and O–H groups in total. The van der Waals surface area contributed by atoms with Crippen molar-refractivity contribution < 1.29 is 22.7 Å². The fourth-order valence-corrected chi connectivity index (χ4v) is 3.95. The maximum atomic E-state index is 14.0. The second-order valence-electron chi connectivity index (χ2n) is 4.67. The molecule has 1 aromatic rings. The van der Waals surface area contributed by atoms with E-state index in [4.69, 9.17) is 16.7 Å². The van der Waals surface area contributed by atoms with Crippen molar-refractivity contribution in [3.63, 3.8) is 0 Å². The summed E-state index contributed by atoms with van der Waals surface area (Å²) in [7, 11) is -4.13. The van der Waals surface area contributed by atoms with Gasteiger partial charge in [-0.3, -0.25) is 0 Å². The van der Waals surface area contributed by atoms with Crippen molar-refractivity contribution in [2.45, 2.75) is 36.6 Å². The normalized spacial score (nSPS) is 16.5. The maximum Gasteiger partial charge on any atom is 0.338 e. The van der Waals surface area contributed by atoms with Crippen molar-refractivity contribution in [2.75, 3.05) is 0 Å². The number of hydrogen-bond acceptors (Lipinski definition) is 3. The molecule has 0 amide bonds. The van der Waals surface area contributed by atoms with Crippen LogP contribution in [0.2, 0.25) is 5.02 Å². The van der Waals surface area contributed by atoms with E-state index in [9.17, 15) is 17.6 Å². The van der Waals surface area contributed by atoms with Gasteiger partial charge in [0.1, 0.15) is 4.90 Å². The number of carboxylic acid groups (broad SMARTS) is 1. The summed E-state index contributed by atoms with van der Waals surface area (Å²) < 4.78 is 40.7. The molecule has 0 heterocycles. The van der Waals surface area contributed by atoms with E-state index in [0.29, 0.717) is 12.8 Å². The highest BCUT2D eigenvalue weighted by Gasteiger charge is 2.28. The fraction of sp³-hybridized carbons (Fsp3) is 0.417. The van der Waals surface area contributed by atoms with Gasteiger partial charge in [-0.1, -0.05) is 24.4 Å². The Bertz CT molecular complexity index is 641. The van der Waals surface area contributed by atoms with Gasteiger partial charge in [-0.05, 0) is 25.0 Å². The topological polar surface area (TPSA) is 83.5 Å². The Morgan fingerprint density at radius 2 is 1.95 bits per heavy atom. The minimum atomic E-state index is -4.13. The van der Waals surface area contributed by atoms with Crippen LogP contribution >= 0.6 is 11.6 Å². The van der Waals surface area contributed by atoms with Gasteiger partial charge in [0.15, 0.2) is 5.82 Å². The van der Waals surface area contributed by atoms with Crippen LogP contribution < -0.4 is 4.72 Å². The van der Waals surface area contributed by atoms with Crippen LogP contribution in [0.1, 0.15) is 36.0 Å². The lowest BCUT2D eigenvalue weighted by atomic mass is 10.2. The molecule has 0 aromatic heterocycles. The molecule has 0 bridgehead atoms. The number of halogens is 2. The smallest absolute Gasteiger partial charge is 0.338 e. The van der Waals surface area contributed by atoms with E-state index >= 15 is 0 Å². The van der Waals surface area contributed by atoms with Gasteiger partial charge in [0.2, 0.25) is 10.0 Å². The van der Waals surface area contributed by atoms with E-state index < -0.39 is 32.3 Å². The van der Waals surface area contributed by atoms with Gasteiger partial charge in [-0.25, -0.2) is 22.3 Å². The first kappa shape index (κ1) is 15.2. The quantitative estimate of drug-likeness (QED) is 0.892. The first-order valence-corrected chi connectivity index (χ1v) is 7.92. The molecule has 1 aromatic carbocycles. The lowest BCUT2D eigenvalue weighted by Gasteiger charge is -2.14. The summed E-state index contributed by atoms with van der Waals surface area (Å²) in [5, 5.41) is 8.71. The Balaban J connectivity index is 2.42. The number of sulfonamides is 1. The van der Waals surface area contributed by atoms with Gasteiger partial charge in [0.25, 0.3) is 0 Å². The molecule has 0 spiro atoms. The Kier molecular flexibility index (Phi) is 4.31. The molecule has 0 aliphatic heterocycles. The molecule has 1 aliphatic rings. The van der Waals surface area contributed by atoms with Crippen LogP contribution in [0.5, 0.6) is 0 Å². The van der Waals surface area contributed by atoms with E-state index in [2.05, 4.69) is 4.72 Å². The predicted octanol–water partition coefficient (Wildman–Crippen LogP) is 2.40. The van der Waals surface area contributed by atoms with E-state index in [-0.39, 0.29) is 11.1 Å². The highest BCUT2D eigenvalue weighted by molar-refractivity contribution is 7.89. The van der Waals surface area contributed by atoms with Crippen LogP contribution in [0.4, 0.5) is 4.39 Å². The first-order valence-electron chi connectivity index (χ1n) is 6.06. The molecular weight excluding hydrogens is 309 g/mol. The van der Waals surface area contributed by atoms with Crippen molar-refractivity contribution in [1.82, 2.24) is 4.72 Å². The summed E-state index contributed by atoms with van der Waals surface area (Å²) in [6.07, 6.45) is 3.19. The minimum absolute atomic E-state index is 0.143. The van der Waals surface area contributed by atoms with Crippen molar-refractivity contribution in [3.05, 3.63) is 28.5 Å². The summed E-state index contributed by atoms with van der Waals surface area (Å²) in [5.41, 5.74) is -0.760. The molecular formula is C12H13ClFNO4S. The molecule has 20 heavy (non-hydrogen) atoms. The monoisotopic (exact) mass is 321 g/mol. The molecule has 1 aliphatic carbocycles. The van der Waals surface area contributed by atoms with Gasteiger partial charge in [0.05, 0.1) is 5.56 Å². The number of rotatable bonds is 4. The number of carbonyl (C=O) groups is 1. The van der Waals surface area contributed by atoms with Gasteiger partial charge in [0, 0.05) is 11.1 Å². The van der Waals surface area contributed by atoms with E-state index in [1.165, 1.54) is 0 Å². The lowest BCUT2D eigenvalue weighted by Crippen LogP contribution is -2.33. The van der Waals surface area contributed by atoms with E-state index in [0.717, 1.165) is 25.0 Å². The van der Waals surface area contributed by atoms with Gasteiger partial charge >= 0.3 is 5.97 Å². The van der Waals surface area contributed by atoms with Crippen LogP contribution in [0.25, 0.3) is 0 Å². The molecule has 0 unspecified atom stereocenters. The summed E-state index contributed by atoms with van der Waals surface area (Å²) in [5.74, 6) is -2.87. The van der Waals surface area contributed by atoms with Crippen LogP contribution in [0.15, 0.2) is 17.0 Å². The van der Waals surface area contributed by atoms with Crippen LogP contribution in [0.3, 0.4) is 0 Å². The van der Waals surface area contributed by atoms with Crippen molar-refractivity contribution >= 4 is 27.6 Å². The maximum absolute atomic E-state index is 14.0. The zero-order chi connectivity index (χ0) is 14.9. The van der Waals surface area contributed by atoms with Crippen LogP contribution in [0, 0.1) is 5.82 Å². The number of nitrogens with one attached hydrogen (secondary N) is 1. The van der Waals surface area contributed by atoms with Crippen molar-refractivity contribution in [2.24, 2.45) is 0 Å². The third kappa shape index (κ3) is 3.11. The number of carboxylic acids is 1. The molecule has 5 nitrogen and oxygen atoms in total. The number of hydrogen-bond donors (Lipinski definition) is 2. The highest BCUT2D eigenvalue weighted by Crippen LogP contribution is 2.26. The van der Waals surface area contributed by atoms with Crippen LogP contribution in [-0.2, 0) is 10.0 Å². The Hall–Kier alpha value is -1.18. The van der Waals surface area contributed by atoms with Gasteiger partial charge < -0.3 is 5.11 Å². The largest absolute Gasteiger partial charge is 0.478 e. The van der Waals surface area contributed by atoms with Crippen molar-refractivity contribution in [3.8, 4) is 0 Å². The van der Waals surface area contributed by atoms with Crippen molar-refractivity contribution in [1.29, 1.82) is 0 Å². The minimum Gasteiger partial charge on any atom is -0.478 e. The van der Waals surface area contributed by atoms with E-state index in [1.807, 2.05) is 0 Å². The zero-order valence-electron chi connectivity index (χ0n) is 10.4. The Morgan fingerprint density at radius 1 is 1.35 bits per heavy atom.